The van der Waals surface area contributed by atoms with Crippen molar-refractivity contribution in [2.45, 2.75) is 32.5 Å². The van der Waals surface area contributed by atoms with Gasteiger partial charge in [-0.2, -0.15) is 0 Å². The summed E-state index contributed by atoms with van der Waals surface area (Å²) in [5, 5.41) is 13.3. The number of carboxylic acid groups (broad SMARTS) is 1. The minimum Gasteiger partial charge on any atom is -0.486 e. The van der Waals surface area contributed by atoms with E-state index in [9.17, 15) is 9.90 Å². The number of rotatable bonds is 8. The van der Waals surface area contributed by atoms with Gasteiger partial charge >= 0.3 is 5.97 Å². The largest absolute Gasteiger partial charge is 0.486 e. The molecule has 1 heterocycles. The van der Waals surface area contributed by atoms with Gasteiger partial charge in [0, 0.05) is 11.6 Å². The van der Waals surface area contributed by atoms with E-state index in [1.165, 1.54) is 0 Å². The third-order valence-corrected chi connectivity index (χ3v) is 4.30. The first-order valence-corrected chi connectivity index (χ1v) is 8.66. The lowest BCUT2D eigenvalue weighted by molar-refractivity contribution is -0.154. The van der Waals surface area contributed by atoms with E-state index >= 15 is 0 Å². The van der Waals surface area contributed by atoms with Crippen LogP contribution in [0.5, 0.6) is 11.5 Å². The van der Waals surface area contributed by atoms with Crippen LogP contribution in [0.2, 0.25) is 0 Å². The first kappa shape index (κ1) is 18.5. The van der Waals surface area contributed by atoms with Gasteiger partial charge < -0.3 is 19.1 Å². The Balaban J connectivity index is 1.59. The number of benzene rings is 2. The average Bonchev–Trinajstić information content (AvgIpc) is 3.17. The second kappa shape index (κ2) is 7.95. The van der Waals surface area contributed by atoms with Crippen LogP contribution >= 0.6 is 0 Å². The van der Waals surface area contributed by atoms with Gasteiger partial charge in [0.15, 0.2) is 5.76 Å². The molecule has 1 unspecified atom stereocenters. The fourth-order valence-corrected chi connectivity index (χ4v) is 2.41. The molecule has 0 spiro atoms. The topological polar surface area (TPSA) is 81.8 Å². The molecule has 0 radical (unpaired) electrons. The lowest BCUT2D eigenvalue weighted by atomic mass is 10.0. The predicted octanol–water partition coefficient (Wildman–Crippen LogP) is 4.55. The van der Waals surface area contributed by atoms with E-state index in [2.05, 4.69) is 5.16 Å². The van der Waals surface area contributed by atoms with E-state index in [0.717, 1.165) is 11.3 Å². The van der Waals surface area contributed by atoms with Gasteiger partial charge in [0.1, 0.15) is 23.8 Å². The van der Waals surface area contributed by atoms with Crippen LogP contribution in [0.3, 0.4) is 0 Å². The first-order chi connectivity index (χ1) is 13.0. The molecule has 3 rings (SSSR count). The van der Waals surface area contributed by atoms with Gasteiger partial charge in [-0.05, 0) is 37.6 Å². The number of carbonyl (C=O) groups is 1. The van der Waals surface area contributed by atoms with Crippen LogP contribution < -0.4 is 9.47 Å². The van der Waals surface area contributed by atoms with Crippen LogP contribution in [0.25, 0.3) is 11.3 Å². The smallest absolute Gasteiger partial charge is 0.347 e. The van der Waals surface area contributed by atoms with Crippen molar-refractivity contribution in [2.24, 2.45) is 0 Å². The summed E-state index contributed by atoms with van der Waals surface area (Å²) >= 11 is 0. The van der Waals surface area contributed by atoms with Gasteiger partial charge in [-0.25, -0.2) is 4.79 Å². The summed E-state index contributed by atoms with van der Waals surface area (Å²) in [6.45, 7) is 3.56. The SMILES string of the molecule is CCC(C)(Oc1ccc(OCc2cc(-c3ccccc3)no2)cc1)C(=O)O. The summed E-state index contributed by atoms with van der Waals surface area (Å²) in [4.78, 5) is 11.3. The maximum absolute atomic E-state index is 11.3. The van der Waals surface area contributed by atoms with Gasteiger partial charge in [-0.3, -0.25) is 0 Å². The normalized spacial score (nSPS) is 13.0. The number of ether oxygens (including phenoxy) is 2. The molecule has 1 aromatic heterocycles. The second-order valence-electron chi connectivity index (χ2n) is 6.30. The summed E-state index contributed by atoms with van der Waals surface area (Å²) in [6, 6.07) is 18.4. The molecule has 27 heavy (non-hydrogen) atoms. The number of carboxylic acids is 1. The number of hydrogen-bond acceptors (Lipinski definition) is 5. The third kappa shape index (κ3) is 4.47. The van der Waals surface area contributed by atoms with E-state index in [-0.39, 0.29) is 6.61 Å². The number of aliphatic carboxylic acids is 1. The Bertz CT molecular complexity index is 888. The molecule has 0 bridgehead atoms. The van der Waals surface area contributed by atoms with Crippen molar-refractivity contribution in [3.63, 3.8) is 0 Å². The molecule has 1 N–H and O–H groups in total. The molecular formula is C21H21NO5. The van der Waals surface area contributed by atoms with Gasteiger partial charge in [0.05, 0.1) is 0 Å². The first-order valence-electron chi connectivity index (χ1n) is 8.66. The Morgan fingerprint density at radius 3 is 2.41 bits per heavy atom. The van der Waals surface area contributed by atoms with Crippen molar-refractivity contribution in [1.82, 2.24) is 5.16 Å². The van der Waals surface area contributed by atoms with Crippen LogP contribution in [0.4, 0.5) is 0 Å². The maximum Gasteiger partial charge on any atom is 0.347 e. The molecule has 6 nitrogen and oxygen atoms in total. The molecule has 0 aliphatic rings. The summed E-state index contributed by atoms with van der Waals surface area (Å²) < 4.78 is 16.6. The van der Waals surface area contributed by atoms with E-state index < -0.39 is 11.6 Å². The summed E-state index contributed by atoms with van der Waals surface area (Å²) in [6.07, 6.45) is 0.357. The highest BCUT2D eigenvalue weighted by molar-refractivity contribution is 5.77. The van der Waals surface area contributed by atoms with Crippen LogP contribution in [0, 0.1) is 0 Å². The van der Waals surface area contributed by atoms with Crippen LogP contribution in [-0.2, 0) is 11.4 Å². The highest BCUT2D eigenvalue weighted by Crippen LogP contribution is 2.25. The summed E-state index contributed by atoms with van der Waals surface area (Å²) in [5.74, 6) is 0.706. The van der Waals surface area contributed by atoms with E-state index in [0.29, 0.717) is 23.7 Å². The van der Waals surface area contributed by atoms with Gasteiger partial charge in [0.25, 0.3) is 0 Å². The molecule has 0 saturated heterocycles. The lowest BCUT2D eigenvalue weighted by Crippen LogP contribution is -2.40. The predicted molar refractivity (Wildman–Crippen MR) is 99.7 cm³/mol. The fraction of sp³-hybridized carbons (Fsp3) is 0.238. The zero-order chi connectivity index (χ0) is 19.3. The molecule has 0 fully saturated rings. The minimum atomic E-state index is -1.25. The summed E-state index contributed by atoms with van der Waals surface area (Å²) in [7, 11) is 0. The molecule has 2 aromatic carbocycles. The zero-order valence-electron chi connectivity index (χ0n) is 15.2. The van der Waals surface area contributed by atoms with E-state index in [1.54, 1.807) is 38.1 Å². The standard InChI is InChI=1S/C21H21NO5/c1-3-21(2,20(23)24)26-17-11-9-16(10-12-17)25-14-18-13-19(22-27-18)15-7-5-4-6-8-15/h4-13H,3,14H2,1-2H3,(H,23,24). The Kier molecular flexibility index (Phi) is 5.45. The number of aromatic nitrogens is 1. The molecule has 140 valence electrons. The molecule has 0 saturated carbocycles. The van der Waals surface area contributed by atoms with Crippen molar-refractivity contribution < 1.29 is 23.9 Å². The molecule has 0 aliphatic heterocycles. The van der Waals surface area contributed by atoms with Crippen molar-refractivity contribution in [1.29, 1.82) is 0 Å². The van der Waals surface area contributed by atoms with Crippen molar-refractivity contribution in [3.8, 4) is 22.8 Å². The van der Waals surface area contributed by atoms with Gasteiger partial charge in [-0.1, -0.05) is 42.4 Å². The molecule has 0 amide bonds. The lowest BCUT2D eigenvalue weighted by Gasteiger charge is -2.24. The average molecular weight is 367 g/mol. The van der Waals surface area contributed by atoms with Crippen molar-refractivity contribution in [2.75, 3.05) is 0 Å². The number of nitrogens with zero attached hydrogens (tertiary/aromatic N) is 1. The molecule has 3 aromatic rings. The van der Waals surface area contributed by atoms with Crippen LogP contribution in [0.15, 0.2) is 65.2 Å². The Morgan fingerprint density at radius 2 is 1.78 bits per heavy atom. The molecule has 6 heteroatoms. The monoisotopic (exact) mass is 367 g/mol. The molecule has 1 atom stereocenters. The molecule has 0 aliphatic carbocycles. The fourth-order valence-electron chi connectivity index (χ4n) is 2.41. The minimum absolute atomic E-state index is 0.238. The maximum atomic E-state index is 11.3. The highest BCUT2D eigenvalue weighted by Gasteiger charge is 2.33. The second-order valence-corrected chi connectivity index (χ2v) is 6.30. The quantitative estimate of drug-likeness (QED) is 0.629. The van der Waals surface area contributed by atoms with Crippen LogP contribution in [-0.4, -0.2) is 21.8 Å². The summed E-state index contributed by atoms with van der Waals surface area (Å²) in [5.41, 5.74) is 0.479. The van der Waals surface area contributed by atoms with Gasteiger partial charge in [-0.15, -0.1) is 0 Å². The van der Waals surface area contributed by atoms with Crippen LogP contribution in [0.1, 0.15) is 26.0 Å². The van der Waals surface area contributed by atoms with Crippen molar-refractivity contribution >= 4 is 5.97 Å². The Labute approximate surface area is 157 Å². The van der Waals surface area contributed by atoms with Gasteiger partial charge in [0.2, 0.25) is 5.60 Å². The van der Waals surface area contributed by atoms with Crippen molar-refractivity contribution in [3.05, 3.63) is 66.4 Å². The Hall–Kier alpha value is -3.28. The molecular weight excluding hydrogens is 346 g/mol. The zero-order valence-corrected chi connectivity index (χ0v) is 15.2. The third-order valence-electron chi connectivity index (χ3n) is 4.30. The van der Waals surface area contributed by atoms with E-state index in [1.807, 2.05) is 36.4 Å². The Morgan fingerprint density at radius 1 is 1.11 bits per heavy atom. The van der Waals surface area contributed by atoms with E-state index in [4.69, 9.17) is 14.0 Å². The highest BCUT2D eigenvalue weighted by atomic mass is 16.5. The number of hydrogen-bond donors (Lipinski definition) is 1.